The first-order chi connectivity index (χ1) is 14.0. The van der Waals surface area contributed by atoms with Crippen molar-refractivity contribution in [1.82, 2.24) is 0 Å². The fraction of sp³-hybridized carbons (Fsp3) is 0.148. The summed E-state index contributed by atoms with van der Waals surface area (Å²) in [5.41, 5.74) is 8.67. The first kappa shape index (κ1) is 19.1. The van der Waals surface area contributed by atoms with Crippen molar-refractivity contribution in [2.75, 3.05) is 38.0 Å². The van der Waals surface area contributed by atoms with E-state index in [1.165, 1.54) is 45.1 Å². The monoisotopic (exact) mass is 379 g/mol. The van der Waals surface area contributed by atoms with Gasteiger partial charge in [-0.05, 0) is 52.1 Å². The van der Waals surface area contributed by atoms with Crippen molar-refractivity contribution >= 4 is 11.4 Å². The molecule has 2 aromatic carbocycles. The number of nitrogens with zero attached hydrogens (tertiary/aromatic N) is 2. The van der Waals surface area contributed by atoms with Crippen molar-refractivity contribution < 1.29 is 0 Å². The molecule has 0 bridgehead atoms. The highest BCUT2D eigenvalue weighted by Crippen LogP contribution is 2.39. The summed E-state index contributed by atoms with van der Waals surface area (Å²) in [5, 5.41) is 0. The number of rotatable bonds is 5. The topological polar surface area (TPSA) is 6.48 Å². The molecule has 2 nitrogen and oxygen atoms in total. The van der Waals surface area contributed by atoms with Gasteiger partial charge in [0, 0.05) is 39.6 Å². The molecular weight excluding hydrogens is 352 g/mol. The van der Waals surface area contributed by atoms with Crippen LogP contribution in [0.3, 0.4) is 0 Å². The number of fused-ring (bicyclic) bond motifs is 1. The van der Waals surface area contributed by atoms with Crippen LogP contribution in [0.1, 0.15) is 16.7 Å². The first-order valence-electron chi connectivity index (χ1n) is 9.95. The van der Waals surface area contributed by atoms with E-state index in [4.69, 9.17) is 0 Å². The van der Waals surface area contributed by atoms with Gasteiger partial charge in [-0.25, -0.2) is 0 Å². The molecule has 0 atom stereocenters. The normalized spacial score (nSPS) is 11.1. The third-order valence-electron chi connectivity index (χ3n) is 5.41. The quantitative estimate of drug-likeness (QED) is 0.423. The van der Waals surface area contributed by atoms with Gasteiger partial charge < -0.3 is 9.80 Å². The second-order valence-electron chi connectivity index (χ2n) is 7.78. The van der Waals surface area contributed by atoms with E-state index in [2.05, 4.69) is 129 Å². The first-order valence-corrected chi connectivity index (χ1v) is 9.95. The van der Waals surface area contributed by atoms with Crippen molar-refractivity contribution in [3.63, 3.8) is 0 Å². The molecule has 0 aromatic heterocycles. The van der Waals surface area contributed by atoms with Gasteiger partial charge in [0.05, 0.1) is 5.92 Å². The van der Waals surface area contributed by atoms with Gasteiger partial charge >= 0.3 is 0 Å². The molecule has 0 N–H and O–H groups in total. The summed E-state index contributed by atoms with van der Waals surface area (Å²) in [6.07, 6.45) is 0. The molecule has 0 aliphatic heterocycles. The standard InChI is InChI=1S/C27H27N2/c1-28(2)23-15-10-21(11-16-23)27(22-12-17-24(18-13-22)29(3)4)26-19-14-20-8-6-5-7-9-25(20)26/h5-19H,1-4H3. The van der Waals surface area contributed by atoms with Gasteiger partial charge in [-0.1, -0.05) is 66.7 Å². The third kappa shape index (κ3) is 3.84. The van der Waals surface area contributed by atoms with Gasteiger partial charge in [0.1, 0.15) is 0 Å². The van der Waals surface area contributed by atoms with Crippen LogP contribution in [0.4, 0.5) is 11.4 Å². The smallest absolute Gasteiger partial charge is 0.0635 e. The predicted octanol–water partition coefficient (Wildman–Crippen LogP) is 5.94. The van der Waals surface area contributed by atoms with E-state index in [0.717, 1.165) is 0 Å². The lowest BCUT2D eigenvalue weighted by atomic mass is 9.84. The van der Waals surface area contributed by atoms with Crippen LogP contribution in [0.5, 0.6) is 0 Å². The molecular formula is C27H27N2. The molecule has 29 heavy (non-hydrogen) atoms. The maximum Gasteiger partial charge on any atom is 0.0635 e. The minimum atomic E-state index is 1.20. The molecule has 1 radical (unpaired) electrons. The lowest BCUT2D eigenvalue weighted by molar-refractivity contribution is 1.12. The van der Waals surface area contributed by atoms with Crippen molar-refractivity contribution in [3.8, 4) is 11.1 Å². The van der Waals surface area contributed by atoms with Crippen molar-refractivity contribution in [1.29, 1.82) is 0 Å². The Morgan fingerprint density at radius 3 is 1.55 bits per heavy atom. The van der Waals surface area contributed by atoms with Crippen LogP contribution in [-0.4, -0.2) is 28.2 Å². The molecule has 145 valence electrons. The summed E-state index contributed by atoms with van der Waals surface area (Å²) < 4.78 is 0. The van der Waals surface area contributed by atoms with Crippen LogP contribution in [0.25, 0.3) is 11.1 Å². The minimum absolute atomic E-state index is 1.20. The highest BCUT2D eigenvalue weighted by molar-refractivity contribution is 5.78. The lowest BCUT2D eigenvalue weighted by Crippen LogP contribution is -2.10. The van der Waals surface area contributed by atoms with Crippen molar-refractivity contribution in [2.45, 2.75) is 0 Å². The maximum atomic E-state index is 2.25. The fourth-order valence-corrected chi connectivity index (χ4v) is 3.76. The summed E-state index contributed by atoms with van der Waals surface area (Å²) in [6.45, 7) is 0. The Kier molecular flexibility index (Phi) is 5.26. The van der Waals surface area contributed by atoms with Crippen LogP contribution >= 0.6 is 0 Å². The molecule has 2 aliphatic carbocycles. The molecule has 0 spiro atoms. The van der Waals surface area contributed by atoms with E-state index in [0.29, 0.717) is 0 Å². The largest absolute Gasteiger partial charge is 0.378 e. The summed E-state index contributed by atoms with van der Waals surface area (Å²) >= 11 is 0. The van der Waals surface area contributed by atoms with E-state index >= 15 is 0 Å². The second kappa shape index (κ2) is 8.00. The van der Waals surface area contributed by atoms with E-state index in [9.17, 15) is 0 Å². The number of benzene rings is 2. The predicted molar refractivity (Wildman–Crippen MR) is 125 cm³/mol. The van der Waals surface area contributed by atoms with Crippen LogP contribution in [0, 0.1) is 5.92 Å². The molecule has 0 saturated heterocycles. The Labute approximate surface area is 174 Å². The molecule has 4 rings (SSSR count). The summed E-state index contributed by atoms with van der Waals surface area (Å²) in [5.74, 6) is 1.27. The van der Waals surface area contributed by atoms with Crippen molar-refractivity contribution in [3.05, 3.63) is 114 Å². The van der Waals surface area contributed by atoms with Gasteiger partial charge in [-0.2, -0.15) is 0 Å². The Balaban J connectivity index is 1.85. The van der Waals surface area contributed by atoms with Crippen LogP contribution in [0.2, 0.25) is 0 Å². The summed E-state index contributed by atoms with van der Waals surface area (Å²) in [6, 6.07) is 32.8. The summed E-state index contributed by atoms with van der Waals surface area (Å²) in [4.78, 5) is 4.26. The van der Waals surface area contributed by atoms with Gasteiger partial charge in [0.25, 0.3) is 0 Å². The number of anilines is 2. The van der Waals surface area contributed by atoms with Crippen LogP contribution < -0.4 is 9.80 Å². The average Bonchev–Trinajstić information content (AvgIpc) is 2.96. The molecule has 2 aliphatic rings. The zero-order valence-corrected chi connectivity index (χ0v) is 17.6. The molecule has 0 heterocycles. The summed E-state index contributed by atoms with van der Waals surface area (Å²) in [7, 11) is 8.29. The molecule has 0 amide bonds. The van der Waals surface area contributed by atoms with Gasteiger partial charge in [-0.15, -0.1) is 0 Å². The molecule has 2 heteroatoms. The van der Waals surface area contributed by atoms with Gasteiger partial charge in [0.2, 0.25) is 0 Å². The number of hydrogen-bond acceptors (Lipinski definition) is 2. The Morgan fingerprint density at radius 2 is 1.03 bits per heavy atom. The van der Waals surface area contributed by atoms with E-state index < -0.39 is 0 Å². The highest BCUT2D eigenvalue weighted by atomic mass is 15.1. The van der Waals surface area contributed by atoms with Gasteiger partial charge in [0.15, 0.2) is 0 Å². The van der Waals surface area contributed by atoms with Crippen molar-refractivity contribution in [2.24, 2.45) is 0 Å². The fourth-order valence-electron chi connectivity index (χ4n) is 3.76. The number of hydrogen-bond donors (Lipinski definition) is 0. The maximum absolute atomic E-state index is 2.25. The average molecular weight is 380 g/mol. The highest BCUT2D eigenvalue weighted by Gasteiger charge is 2.23. The third-order valence-corrected chi connectivity index (χ3v) is 5.41. The Bertz CT molecular complexity index is 995. The lowest BCUT2D eigenvalue weighted by Gasteiger charge is -2.21. The Morgan fingerprint density at radius 1 is 0.517 bits per heavy atom. The van der Waals surface area contributed by atoms with E-state index in [1.54, 1.807) is 0 Å². The molecule has 2 aromatic rings. The zero-order valence-electron chi connectivity index (χ0n) is 17.6. The second-order valence-corrected chi connectivity index (χ2v) is 7.78. The van der Waals surface area contributed by atoms with E-state index in [-0.39, 0.29) is 0 Å². The SMILES string of the molecule is CN(C)c1ccc([C](c2ccc(N(C)C)cc2)c2ccc3cccccc2-3)cc1. The van der Waals surface area contributed by atoms with Gasteiger partial charge in [-0.3, -0.25) is 0 Å². The molecule has 0 fully saturated rings. The molecule has 0 unspecified atom stereocenters. The van der Waals surface area contributed by atoms with Crippen LogP contribution in [0.15, 0.2) is 91.0 Å². The zero-order chi connectivity index (χ0) is 20.4. The minimum Gasteiger partial charge on any atom is -0.378 e. The Hall–Kier alpha value is -3.26. The van der Waals surface area contributed by atoms with Crippen LogP contribution in [-0.2, 0) is 0 Å². The van der Waals surface area contributed by atoms with E-state index in [1.807, 2.05) is 0 Å². The molecule has 0 saturated carbocycles.